The lowest BCUT2D eigenvalue weighted by Gasteiger charge is -2.04. The molecule has 0 saturated carbocycles. The first kappa shape index (κ1) is 13.3. The van der Waals surface area contributed by atoms with E-state index in [1.54, 1.807) is 30.1 Å². The number of hydrogen-bond donors (Lipinski definition) is 1. The molecule has 1 heterocycles. The van der Waals surface area contributed by atoms with Crippen molar-refractivity contribution in [2.45, 2.75) is 0 Å². The molecule has 1 rings (SSSR count). The molecule has 1 N–H and O–H groups in total. The highest BCUT2D eigenvalue weighted by atomic mass is 79.9. The third-order valence-corrected chi connectivity index (χ3v) is 3.35. The molecular formula is C11H13BrN2OS. The van der Waals surface area contributed by atoms with Crippen LogP contribution in [0.15, 0.2) is 35.5 Å². The van der Waals surface area contributed by atoms with Crippen LogP contribution in [0.2, 0.25) is 0 Å². The number of pyridine rings is 1. The van der Waals surface area contributed by atoms with E-state index >= 15 is 0 Å². The number of amides is 1. The highest BCUT2D eigenvalue weighted by Crippen LogP contribution is 2.12. The van der Waals surface area contributed by atoms with Gasteiger partial charge in [-0.1, -0.05) is 6.08 Å². The van der Waals surface area contributed by atoms with E-state index in [4.69, 9.17) is 0 Å². The number of rotatable bonds is 6. The SMILES string of the molecule is C=CCSCCNC(=O)c1ncccc1Br. The zero-order valence-electron chi connectivity index (χ0n) is 8.78. The van der Waals surface area contributed by atoms with E-state index in [0.717, 1.165) is 11.5 Å². The molecule has 0 unspecified atom stereocenters. The summed E-state index contributed by atoms with van der Waals surface area (Å²) in [5, 5.41) is 2.81. The van der Waals surface area contributed by atoms with E-state index in [9.17, 15) is 4.79 Å². The Hall–Kier alpha value is -0.810. The Morgan fingerprint density at radius 3 is 3.19 bits per heavy atom. The minimum Gasteiger partial charge on any atom is -0.350 e. The fourth-order valence-electron chi connectivity index (χ4n) is 1.04. The molecule has 3 nitrogen and oxygen atoms in total. The molecule has 0 fully saturated rings. The molecule has 1 aromatic heterocycles. The molecule has 0 radical (unpaired) electrons. The van der Waals surface area contributed by atoms with Crippen LogP contribution < -0.4 is 5.32 Å². The first-order chi connectivity index (χ1) is 7.75. The van der Waals surface area contributed by atoms with Crippen molar-refractivity contribution >= 4 is 33.6 Å². The maximum Gasteiger partial charge on any atom is 0.271 e. The van der Waals surface area contributed by atoms with E-state index in [-0.39, 0.29) is 5.91 Å². The first-order valence-electron chi connectivity index (χ1n) is 4.83. The number of nitrogens with zero attached hydrogens (tertiary/aromatic N) is 1. The van der Waals surface area contributed by atoms with Gasteiger partial charge in [0.25, 0.3) is 5.91 Å². The summed E-state index contributed by atoms with van der Waals surface area (Å²) < 4.78 is 0.714. The van der Waals surface area contributed by atoms with Gasteiger partial charge in [0.2, 0.25) is 0 Å². The molecule has 0 aliphatic rings. The average Bonchev–Trinajstić information content (AvgIpc) is 2.29. The van der Waals surface area contributed by atoms with Crippen LogP contribution >= 0.6 is 27.7 Å². The molecule has 1 aromatic rings. The highest BCUT2D eigenvalue weighted by molar-refractivity contribution is 9.10. The summed E-state index contributed by atoms with van der Waals surface area (Å²) in [7, 11) is 0. The quantitative estimate of drug-likeness (QED) is 0.648. The second-order valence-corrected chi connectivity index (χ2v) is 4.96. The Balaban J connectivity index is 2.36. The molecule has 0 atom stereocenters. The van der Waals surface area contributed by atoms with Crippen molar-refractivity contribution in [2.24, 2.45) is 0 Å². The molecule has 0 aliphatic carbocycles. The van der Waals surface area contributed by atoms with E-state index in [1.165, 1.54) is 0 Å². The number of aromatic nitrogens is 1. The topological polar surface area (TPSA) is 42.0 Å². The van der Waals surface area contributed by atoms with Gasteiger partial charge in [0.05, 0.1) is 0 Å². The molecule has 16 heavy (non-hydrogen) atoms. The molecule has 86 valence electrons. The van der Waals surface area contributed by atoms with Crippen LogP contribution in [0.4, 0.5) is 0 Å². The zero-order valence-corrected chi connectivity index (χ0v) is 11.2. The van der Waals surface area contributed by atoms with Gasteiger partial charge in [-0.2, -0.15) is 11.8 Å². The van der Waals surface area contributed by atoms with Crippen LogP contribution in [0.5, 0.6) is 0 Å². The summed E-state index contributed by atoms with van der Waals surface area (Å²) in [5.41, 5.74) is 0.427. The normalized spacial score (nSPS) is 9.81. The number of halogens is 1. The highest BCUT2D eigenvalue weighted by Gasteiger charge is 2.09. The Morgan fingerprint density at radius 2 is 2.50 bits per heavy atom. The third-order valence-electron chi connectivity index (χ3n) is 1.74. The smallest absolute Gasteiger partial charge is 0.271 e. The summed E-state index contributed by atoms with van der Waals surface area (Å²) in [6.07, 6.45) is 3.45. The van der Waals surface area contributed by atoms with Gasteiger partial charge in [0.1, 0.15) is 5.69 Å². The number of thioether (sulfide) groups is 1. The van der Waals surface area contributed by atoms with Crippen LogP contribution in [0.1, 0.15) is 10.5 Å². The molecular weight excluding hydrogens is 288 g/mol. The minimum atomic E-state index is -0.147. The predicted molar refractivity (Wildman–Crippen MR) is 71.8 cm³/mol. The van der Waals surface area contributed by atoms with Gasteiger partial charge >= 0.3 is 0 Å². The lowest BCUT2D eigenvalue weighted by molar-refractivity contribution is 0.0950. The van der Waals surface area contributed by atoms with Gasteiger partial charge in [0.15, 0.2) is 0 Å². The standard InChI is InChI=1S/C11H13BrN2OS/c1-2-7-16-8-6-14-11(15)10-9(12)4-3-5-13-10/h2-5H,1,6-8H2,(H,14,15). The van der Waals surface area contributed by atoms with Gasteiger partial charge in [-0.25, -0.2) is 4.98 Å². The van der Waals surface area contributed by atoms with Crippen molar-refractivity contribution in [3.8, 4) is 0 Å². The third kappa shape index (κ3) is 4.37. The maximum absolute atomic E-state index is 11.7. The largest absolute Gasteiger partial charge is 0.350 e. The fourth-order valence-corrected chi connectivity index (χ4v) is 2.05. The Bertz CT molecular complexity index is 371. The summed E-state index contributed by atoms with van der Waals surface area (Å²) in [4.78, 5) is 15.7. The van der Waals surface area contributed by atoms with Crippen molar-refractivity contribution in [1.29, 1.82) is 0 Å². The zero-order chi connectivity index (χ0) is 11.8. The summed E-state index contributed by atoms with van der Waals surface area (Å²) in [6, 6.07) is 3.58. The second-order valence-electron chi connectivity index (χ2n) is 2.95. The van der Waals surface area contributed by atoms with Gasteiger partial charge in [-0.05, 0) is 28.1 Å². The van der Waals surface area contributed by atoms with Gasteiger partial charge in [-0.15, -0.1) is 6.58 Å². The van der Waals surface area contributed by atoms with E-state index in [0.29, 0.717) is 16.7 Å². The van der Waals surface area contributed by atoms with Crippen LogP contribution in [0.25, 0.3) is 0 Å². The average molecular weight is 301 g/mol. The van der Waals surface area contributed by atoms with Gasteiger partial charge < -0.3 is 5.32 Å². The predicted octanol–water partition coefficient (Wildman–Crippen LogP) is 2.49. The lowest BCUT2D eigenvalue weighted by Crippen LogP contribution is -2.26. The van der Waals surface area contributed by atoms with Gasteiger partial charge in [0, 0.05) is 28.7 Å². The van der Waals surface area contributed by atoms with Crippen molar-refractivity contribution in [3.63, 3.8) is 0 Å². The Labute approximate surface area is 108 Å². The van der Waals surface area contributed by atoms with Crippen molar-refractivity contribution in [2.75, 3.05) is 18.1 Å². The molecule has 0 bridgehead atoms. The molecule has 0 spiro atoms. The molecule has 1 amide bonds. The monoisotopic (exact) mass is 300 g/mol. The number of nitrogens with one attached hydrogen (secondary N) is 1. The first-order valence-corrected chi connectivity index (χ1v) is 6.78. The van der Waals surface area contributed by atoms with E-state index in [1.807, 2.05) is 6.08 Å². The van der Waals surface area contributed by atoms with Crippen molar-refractivity contribution in [1.82, 2.24) is 10.3 Å². The van der Waals surface area contributed by atoms with Crippen LogP contribution in [-0.2, 0) is 0 Å². The Morgan fingerprint density at radius 1 is 1.69 bits per heavy atom. The van der Waals surface area contributed by atoms with E-state index in [2.05, 4.69) is 32.8 Å². The molecule has 0 saturated heterocycles. The second kappa shape index (κ2) is 7.46. The number of hydrogen-bond acceptors (Lipinski definition) is 3. The van der Waals surface area contributed by atoms with Crippen molar-refractivity contribution < 1.29 is 4.79 Å². The number of carbonyl (C=O) groups excluding carboxylic acids is 1. The minimum absolute atomic E-state index is 0.147. The Kier molecular flexibility index (Phi) is 6.18. The fraction of sp³-hybridized carbons (Fsp3) is 0.273. The summed E-state index contributed by atoms with van der Waals surface area (Å²) in [5.74, 6) is 1.64. The van der Waals surface area contributed by atoms with E-state index < -0.39 is 0 Å². The van der Waals surface area contributed by atoms with Crippen molar-refractivity contribution in [3.05, 3.63) is 41.2 Å². The van der Waals surface area contributed by atoms with Crippen LogP contribution in [0, 0.1) is 0 Å². The number of carbonyl (C=O) groups is 1. The van der Waals surface area contributed by atoms with Crippen LogP contribution in [-0.4, -0.2) is 28.9 Å². The van der Waals surface area contributed by atoms with Crippen LogP contribution in [0.3, 0.4) is 0 Å². The summed E-state index contributed by atoms with van der Waals surface area (Å²) in [6.45, 7) is 4.27. The molecule has 0 aromatic carbocycles. The summed E-state index contributed by atoms with van der Waals surface area (Å²) >= 11 is 5.02. The maximum atomic E-state index is 11.7. The molecule has 0 aliphatic heterocycles. The molecule has 5 heteroatoms. The lowest BCUT2D eigenvalue weighted by atomic mass is 10.3. The van der Waals surface area contributed by atoms with Gasteiger partial charge in [-0.3, -0.25) is 4.79 Å².